The second-order valence-corrected chi connectivity index (χ2v) is 7.07. The molecule has 0 aliphatic rings. The Hall–Kier alpha value is -2.36. The van der Waals surface area contributed by atoms with E-state index in [1.165, 1.54) is 9.13 Å². The van der Waals surface area contributed by atoms with Crippen molar-refractivity contribution in [2.45, 2.75) is 19.3 Å². The number of benzene rings is 2. The molecule has 1 heterocycles. The summed E-state index contributed by atoms with van der Waals surface area (Å²) in [6.45, 7) is 4.78. The Bertz CT molecular complexity index is 874. The van der Waals surface area contributed by atoms with E-state index in [9.17, 15) is 26.3 Å². The fourth-order valence-electron chi connectivity index (χ4n) is 1.96. The van der Waals surface area contributed by atoms with Crippen LogP contribution in [0.1, 0.15) is 22.5 Å². The summed E-state index contributed by atoms with van der Waals surface area (Å²) in [6, 6.07) is 21.4. The van der Waals surface area contributed by atoms with Gasteiger partial charge in [0.1, 0.15) is 11.4 Å². The second kappa shape index (κ2) is 11.7. The predicted molar refractivity (Wildman–Crippen MR) is 115 cm³/mol. The lowest BCUT2D eigenvalue weighted by Crippen LogP contribution is -2.15. The molecule has 0 saturated heterocycles. The number of aromatic nitrogens is 1. The molecule has 160 valence electrons. The number of hydrogen-bond acceptors (Lipinski definition) is 1. The molecule has 3 aromatic rings. The molecule has 2 aromatic carbocycles. The quantitative estimate of drug-likeness (QED) is 0.226. The lowest BCUT2D eigenvalue weighted by molar-refractivity contribution is -0.150. The molecular formula is C22H18F6IN. The SMILES string of the molecule is C=Cc1ccccc1.Cc1cc(C(F)(F)F)nc(C(F)(F)F)c1.Ic1ccccc1. The molecule has 0 atom stereocenters. The molecule has 30 heavy (non-hydrogen) atoms. The van der Waals surface area contributed by atoms with Crippen LogP contribution in [0.3, 0.4) is 0 Å². The first-order valence-electron chi connectivity index (χ1n) is 8.44. The lowest BCUT2D eigenvalue weighted by Gasteiger charge is -2.11. The van der Waals surface area contributed by atoms with Crippen LogP contribution in [0.4, 0.5) is 26.3 Å². The van der Waals surface area contributed by atoms with Crippen molar-refractivity contribution in [1.29, 1.82) is 0 Å². The van der Waals surface area contributed by atoms with Gasteiger partial charge in [0.15, 0.2) is 0 Å². The normalized spacial score (nSPS) is 10.8. The summed E-state index contributed by atoms with van der Waals surface area (Å²) in [6.07, 6.45) is -7.90. The van der Waals surface area contributed by atoms with Crippen LogP contribution < -0.4 is 0 Å². The maximum atomic E-state index is 12.1. The van der Waals surface area contributed by atoms with Gasteiger partial charge in [0.25, 0.3) is 0 Å². The van der Waals surface area contributed by atoms with Gasteiger partial charge < -0.3 is 0 Å². The second-order valence-electron chi connectivity index (χ2n) is 5.82. The van der Waals surface area contributed by atoms with Gasteiger partial charge in [-0.2, -0.15) is 26.3 Å². The third-order valence-electron chi connectivity index (χ3n) is 3.32. The number of alkyl halides is 6. The van der Waals surface area contributed by atoms with Gasteiger partial charge in [-0.15, -0.1) is 0 Å². The molecule has 0 amide bonds. The van der Waals surface area contributed by atoms with Crippen molar-refractivity contribution in [1.82, 2.24) is 4.98 Å². The molecule has 0 unspecified atom stereocenters. The Kier molecular flexibility index (Phi) is 10.0. The summed E-state index contributed by atoms with van der Waals surface area (Å²) in [4.78, 5) is 2.53. The van der Waals surface area contributed by atoms with Gasteiger partial charge in [-0.1, -0.05) is 61.2 Å². The van der Waals surface area contributed by atoms with Crippen LogP contribution in [0.2, 0.25) is 0 Å². The van der Waals surface area contributed by atoms with Crippen LogP contribution >= 0.6 is 22.6 Å². The van der Waals surface area contributed by atoms with E-state index in [2.05, 4.69) is 46.3 Å². The smallest absolute Gasteiger partial charge is 0.239 e. The molecule has 0 aliphatic heterocycles. The minimum atomic E-state index is -4.87. The van der Waals surface area contributed by atoms with Crippen LogP contribution in [0.5, 0.6) is 0 Å². The first-order chi connectivity index (χ1) is 13.9. The Labute approximate surface area is 184 Å². The van der Waals surface area contributed by atoms with E-state index in [-0.39, 0.29) is 5.56 Å². The van der Waals surface area contributed by atoms with E-state index in [0.29, 0.717) is 12.1 Å². The van der Waals surface area contributed by atoms with Crippen LogP contribution in [-0.2, 0) is 12.4 Å². The molecule has 0 bridgehead atoms. The fraction of sp³-hybridized carbons (Fsp3) is 0.136. The van der Waals surface area contributed by atoms with Crippen molar-refractivity contribution in [3.8, 4) is 0 Å². The highest BCUT2D eigenvalue weighted by molar-refractivity contribution is 14.1. The highest BCUT2D eigenvalue weighted by Crippen LogP contribution is 2.33. The molecule has 0 saturated carbocycles. The minimum absolute atomic E-state index is 0.135. The molecule has 3 rings (SSSR count). The Morgan fingerprint density at radius 1 is 0.767 bits per heavy atom. The van der Waals surface area contributed by atoms with Gasteiger partial charge in [-0.3, -0.25) is 0 Å². The summed E-state index contributed by atoms with van der Waals surface area (Å²) in [5, 5.41) is 0. The van der Waals surface area contributed by atoms with E-state index >= 15 is 0 Å². The van der Waals surface area contributed by atoms with Crippen molar-refractivity contribution in [3.63, 3.8) is 0 Å². The summed E-state index contributed by atoms with van der Waals surface area (Å²) < 4.78 is 73.9. The average molecular weight is 537 g/mol. The van der Waals surface area contributed by atoms with Gasteiger partial charge in [0.2, 0.25) is 0 Å². The minimum Gasteiger partial charge on any atom is -0.239 e. The molecule has 0 radical (unpaired) electrons. The van der Waals surface area contributed by atoms with Crippen molar-refractivity contribution in [2.75, 3.05) is 0 Å². The van der Waals surface area contributed by atoms with E-state index in [1.807, 2.05) is 54.6 Å². The zero-order valence-corrected chi connectivity index (χ0v) is 18.0. The van der Waals surface area contributed by atoms with E-state index < -0.39 is 23.7 Å². The molecule has 0 fully saturated rings. The topological polar surface area (TPSA) is 12.9 Å². The number of rotatable bonds is 1. The van der Waals surface area contributed by atoms with Crippen molar-refractivity contribution in [2.24, 2.45) is 0 Å². The molecule has 1 nitrogen and oxygen atoms in total. The number of halogens is 7. The Morgan fingerprint density at radius 2 is 1.17 bits per heavy atom. The summed E-state index contributed by atoms with van der Waals surface area (Å²) in [7, 11) is 0. The zero-order valence-electron chi connectivity index (χ0n) is 15.8. The standard InChI is InChI=1S/C8H5F6N.C8H8.C6H5I/c1-4-2-5(7(9,10)11)15-6(3-4)8(12,13)14;1-2-8-6-4-3-5-7-8;7-6-4-2-1-3-5-6/h2-3H,1H3;2-7H,1H2;1-5H. The van der Waals surface area contributed by atoms with Gasteiger partial charge >= 0.3 is 12.4 Å². The average Bonchev–Trinajstić information content (AvgIpc) is 2.68. The fourth-order valence-corrected chi connectivity index (χ4v) is 2.38. The lowest BCUT2D eigenvalue weighted by atomic mass is 10.2. The van der Waals surface area contributed by atoms with E-state index in [1.54, 1.807) is 0 Å². The van der Waals surface area contributed by atoms with Crippen molar-refractivity contribution < 1.29 is 26.3 Å². The van der Waals surface area contributed by atoms with Gasteiger partial charge in [-0.25, -0.2) is 4.98 Å². The monoisotopic (exact) mass is 537 g/mol. The number of nitrogens with zero attached hydrogens (tertiary/aromatic N) is 1. The molecule has 1 aromatic heterocycles. The first-order valence-corrected chi connectivity index (χ1v) is 9.52. The van der Waals surface area contributed by atoms with Gasteiger partial charge in [-0.05, 0) is 64.9 Å². The van der Waals surface area contributed by atoms with Crippen LogP contribution in [0.25, 0.3) is 6.08 Å². The number of aryl methyl sites for hydroxylation is 1. The first kappa shape index (κ1) is 25.7. The van der Waals surface area contributed by atoms with Gasteiger partial charge in [0.05, 0.1) is 0 Å². The zero-order chi connectivity index (χ0) is 22.8. The highest BCUT2D eigenvalue weighted by atomic mass is 127. The van der Waals surface area contributed by atoms with Crippen molar-refractivity contribution >= 4 is 28.7 Å². The largest absolute Gasteiger partial charge is 0.433 e. The Balaban J connectivity index is 0.000000250. The maximum Gasteiger partial charge on any atom is 0.433 e. The predicted octanol–water partition coefficient (Wildman–Crippen LogP) is 8.05. The molecular weight excluding hydrogens is 519 g/mol. The van der Waals surface area contributed by atoms with E-state index in [0.717, 1.165) is 6.92 Å². The molecule has 0 aliphatic carbocycles. The van der Waals surface area contributed by atoms with Gasteiger partial charge in [0, 0.05) is 3.57 Å². The molecule has 0 spiro atoms. The third-order valence-corrected chi connectivity index (χ3v) is 4.04. The highest BCUT2D eigenvalue weighted by Gasteiger charge is 2.38. The Morgan fingerprint density at radius 3 is 1.43 bits per heavy atom. The third kappa shape index (κ3) is 9.91. The molecule has 0 N–H and O–H groups in total. The molecule has 8 heteroatoms. The summed E-state index contributed by atoms with van der Waals surface area (Å²) in [5.74, 6) is 0. The number of hydrogen-bond donors (Lipinski definition) is 0. The van der Waals surface area contributed by atoms with Crippen molar-refractivity contribution in [3.05, 3.63) is 105 Å². The van der Waals surface area contributed by atoms with Crippen LogP contribution in [0, 0.1) is 10.5 Å². The van der Waals surface area contributed by atoms with Crippen LogP contribution in [0.15, 0.2) is 79.4 Å². The van der Waals surface area contributed by atoms with E-state index in [4.69, 9.17) is 0 Å². The summed E-state index contributed by atoms with van der Waals surface area (Å²) in [5.41, 5.74) is -2.03. The maximum absolute atomic E-state index is 12.1. The van der Waals surface area contributed by atoms with Crippen LogP contribution in [-0.4, -0.2) is 4.98 Å². The number of pyridine rings is 1. The summed E-state index contributed by atoms with van der Waals surface area (Å²) >= 11 is 2.28.